The van der Waals surface area contributed by atoms with Crippen molar-refractivity contribution in [2.75, 3.05) is 0 Å². The van der Waals surface area contributed by atoms with E-state index in [2.05, 4.69) is 15.6 Å². The number of aromatic nitrogens is 1. The largest absolute Gasteiger partial charge is 0.350 e. The van der Waals surface area contributed by atoms with Crippen molar-refractivity contribution in [3.63, 3.8) is 0 Å². The van der Waals surface area contributed by atoms with Crippen LogP contribution in [0.3, 0.4) is 0 Å². The normalized spacial score (nSPS) is 11.6. The maximum absolute atomic E-state index is 12.2. The molecule has 0 spiro atoms. The van der Waals surface area contributed by atoms with Crippen molar-refractivity contribution in [3.05, 3.63) is 65.0 Å². The summed E-state index contributed by atoms with van der Waals surface area (Å²) in [6, 6.07) is 13.2. The Morgan fingerprint density at radius 2 is 1.79 bits per heavy atom. The molecule has 1 heterocycles. The van der Waals surface area contributed by atoms with Crippen LogP contribution < -0.4 is 10.6 Å². The summed E-state index contributed by atoms with van der Waals surface area (Å²) in [5, 5.41) is 5.70. The minimum absolute atomic E-state index is 0.127. The fourth-order valence-corrected chi connectivity index (χ4v) is 2.44. The number of hydrogen-bond acceptors (Lipinski definition) is 3. The van der Waals surface area contributed by atoms with Gasteiger partial charge in [-0.25, -0.2) is 0 Å². The summed E-state index contributed by atoms with van der Waals surface area (Å²) in [6.07, 6.45) is 0.189. The van der Waals surface area contributed by atoms with Crippen LogP contribution in [-0.4, -0.2) is 16.8 Å². The zero-order valence-corrected chi connectivity index (χ0v) is 14.3. The summed E-state index contributed by atoms with van der Waals surface area (Å²) in [5.74, 6) is -0.286. The molecule has 1 aromatic heterocycles. The number of rotatable bonds is 6. The minimum atomic E-state index is -0.339. The average Bonchev–Trinajstić information content (AvgIpc) is 2.53. The molecule has 0 aliphatic heterocycles. The van der Waals surface area contributed by atoms with Crippen LogP contribution >= 0.6 is 0 Å². The lowest BCUT2D eigenvalue weighted by Crippen LogP contribution is -2.32. The molecule has 1 aromatic carbocycles. The fraction of sp³-hybridized carbons (Fsp3) is 0.316. The van der Waals surface area contributed by atoms with Crippen molar-refractivity contribution in [2.24, 2.45) is 0 Å². The van der Waals surface area contributed by atoms with Gasteiger partial charge in [-0.05, 0) is 31.5 Å². The molecule has 2 N–H and O–H groups in total. The first-order valence-electron chi connectivity index (χ1n) is 7.97. The Hall–Kier alpha value is -2.69. The van der Waals surface area contributed by atoms with Gasteiger partial charge in [-0.15, -0.1) is 0 Å². The molecule has 0 radical (unpaired) electrons. The molecule has 2 aromatic rings. The first-order valence-corrected chi connectivity index (χ1v) is 7.97. The summed E-state index contributed by atoms with van der Waals surface area (Å²) < 4.78 is 0. The van der Waals surface area contributed by atoms with Crippen LogP contribution in [0.25, 0.3) is 0 Å². The van der Waals surface area contributed by atoms with Crippen molar-refractivity contribution in [3.8, 4) is 0 Å². The Morgan fingerprint density at radius 3 is 2.42 bits per heavy atom. The summed E-state index contributed by atoms with van der Waals surface area (Å²) >= 11 is 0. The fourth-order valence-electron chi connectivity index (χ4n) is 2.44. The second-order valence-corrected chi connectivity index (χ2v) is 5.91. The zero-order chi connectivity index (χ0) is 17.5. The molecule has 0 aliphatic carbocycles. The summed E-state index contributed by atoms with van der Waals surface area (Å²) in [4.78, 5) is 28.0. The molecule has 1 atom stereocenters. The highest BCUT2D eigenvalue weighted by atomic mass is 16.2. The van der Waals surface area contributed by atoms with E-state index in [1.807, 2.05) is 56.3 Å². The van der Waals surface area contributed by atoms with Crippen molar-refractivity contribution in [1.82, 2.24) is 15.6 Å². The average molecular weight is 325 g/mol. The molecule has 2 amide bonds. The Balaban J connectivity index is 1.99. The molecule has 0 aliphatic rings. The SMILES string of the molecule is CC(=O)NC(CC(=O)NCc1cccc(C)n1)c1ccc(C)cc1. The first-order chi connectivity index (χ1) is 11.4. The van der Waals surface area contributed by atoms with Crippen LogP contribution in [0, 0.1) is 13.8 Å². The van der Waals surface area contributed by atoms with Gasteiger partial charge in [0.2, 0.25) is 11.8 Å². The molecule has 0 saturated heterocycles. The predicted molar refractivity (Wildman–Crippen MR) is 93.2 cm³/mol. The van der Waals surface area contributed by atoms with Gasteiger partial charge in [0.1, 0.15) is 0 Å². The quantitative estimate of drug-likeness (QED) is 0.857. The summed E-state index contributed by atoms with van der Waals surface area (Å²) in [5.41, 5.74) is 3.78. The molecular formula is C19H23N3O2. The van der Waals surface area contributed by atoms with Crippen molar-refractivity contribution in [2.45, 2.75) is 39.8 Å². The maximum atomic E-state index is 12.2. The number of carbonyl (C=O) groups is 2. The van der Waals surface area contributed by atoms with Gasteiger partial charge >= 0.3 is 0 Å². The lowest BCUT2D eigenvalue weighted by atomic mass is 10.0. The topological polar surface area (TPSA) is 71.1 Å². The highest BCUT2D eigenvalue weighted by molar-refractivity contribution is 5.79. The lowest BCUT2D eigenvalue weighted by Gasteiger charge is -2.18. The Morgan fingerprint density at radius 1 is 1.08 bits per heavy atom. The minimum Gasteiger partial charge on any atom is -0.350 e. The van der Waals surface area contributed by atoms with Crippen LogP contribution in [0.4, 0.5) is 0 Å². The van der Waals surface area contributed by atoms with Crippen molar-refractivity contribution in [1.29, 1.82) is 0 Å². The first kappa shape index (κ1) is 17.7. The number of aryl methyl sites for hydroxylation is 2. The Kier molecular flexibility index (Phi) is 6.07. The molecule has 24 heavy (non-hydrogen) atoms. The molecular weight excluding hydrogens is 302 g/mol. The smallest absolute Gasteiger partial charge is 0.222 e. The zero-order valence-electron chi connectivity index (χ0n) is 14.3. The molecule has 2 rings (SSSR count). The number of hydrogen-bond donors (Lipinski definition) is 2. The predicted octanol–water partition coefficient (Wildman–Crippen LogP) is 2.58. The van der Waals surface area contributed by atoms with Gasteiger partial charge < -0.3 is 10.6 Å². The van der Waals surface area contributed by atoms with Crippen LogP contribution in [0.2, 0.25) is 0 Å². The third kappa shape index (κ3) is 5.50. The molecule has 0 bridgehead atoms. The second kappa shape index (κ2) is 8.24. The van der Waals surface area contributed by atoms with E-state index in [-0.39, 0.29) is 24.3 Å². The van der Waals surface area contributed by atoms with E-state index in [0.717, 1.165) is 22.5 Å². The molecule has 0 saturated carbocycles. The number of pyridine rings is 1. The molecule has 5 nitrogen and oxygen atoms in total. The number of benzene rings is 1. The third-order valence-electron chi connectivity index (χ3n) is 3.66. The lowest BCUT2D eigenvalue weighted by molar-refractivity contribution is -0.122. The number of carbonyl (C=O) groups excluding carboxylic acids is 2. The van der Waals surface area contributed by atoms with Gasteiger partial charge in [0.05, 0.1) is 24.7 Å². The third-order valence-corrected chi connectivity index (χ3v) is 3.66. The van der Waals surface area contributed by atoms with E-state index in [1.54, 1.807) is 0 Å². The summed E-state index contributed by atoms with van der Waals surface area (Å²) in [7, 11) is 0. The highest BCUT2D eigenvalue weighted by Gasteiger charge is 2.17. The molecule has 0 fully saturated rings. The number of amides is 2. The van der Waals surface area contributed by atoms with Crippen LogP contribution in [-0.2, 0) is 16.1 Å². The van der Waals surface area contributed by atoms with Gasteiger partial charge in [-0.2, -0.15) is 0 Å². The van der Waals surface area contributed by atoms with Gasteiger partial charge in [-0.1, -0.05) is 35.9 Å². The van der Waals surface area contributed by atoms with Crippen molar-refractivity contribution >= 4 is 11.8 Å². The van der Waals surface area contributed by atoms with Gasteiger partial charge in [0.15, 0.2) is 0 Å². The van der Waals surface area contributed by atoms with Crippen molar-refractivity contribution < 1.29 is 9.59 Å². The molecule has 1 unspecified atom stereocenters. The standard InChI is InChI=1S/C19H23N3O2/c1-13-7-9-16(10-8-13)18(22-15(3)23)11-19(24)20-12-17-6-4-5-14(2)21-17/h4-10,18H,11-12H2,1-3H3,(H,20,24)(H,22,23). The molecule has 5 heteroatoms. The van der Waals surface area contributed by atoms with Gasteiger partial charge in [0.25, 0.3) is 0 Å². The van der Waals surface area contributed by atoms with Crippen LogP contribution in [0.5, 0.6) is 0 Å². The maximum Gasteiger partial charge on any atom is 0.222 e. The van der Waals surface area contributed by atoms with E-state index in [4.69, 9.17) is 0 Å². The van der Waals surface area contributed by atoms with Crippen LogP contribution in [0.15, 0.2) is 42.5 Å². The number of nitrogens with one attached hydrogen (secondary N) is 2. The summed E-state index contributed by atoms with van der Waals surface area (Å²) in [6.45, 7) is 5.74. The van der Waals surface area contributed by atoms with E-state index in [0.29, 0.717) is 6.54 Å². The van der Waals surface area contributed by atoms with Gasteiger partial charge in [-0.3, -0.25) is 14.6 Å². The Labute approximate surface area is 142 Å². The van der Waals surface area contributed by atoms with E-state index < -0.39 is 0 Å². The molecule has 126 valence electrons. The second-order valence-electron chi connectivity index (χ2n) is 5.91. The van der Waals surface area contributed by atoms with E-state index in [9.17, 15) is 9.59 Å². The monoisotopic (exact) mass is 325 g/mol. The Bertz CT molecular complexity index is 711. The van der Waals surface area contributed by atoms with Crippen LogP contribution in [0.1, 0.15) is 41.9 Å². The van der Waals surface area contributed by atoms with E-state index in [1.165, 1.54) is 6.92 Å². The highest BCUT2D eigenvalue weighted by Crippen LogP contribution is 2.17. The van der Waals surface area contributed by atoms with Gasteiger partial charge in [0, 0.05) is 12.6 Å². The number of nitrogens with zero attached hydrogens (tertiary/aromatic N) is 1. The van der Waals surface area contributed by atoms with E-state index >= 15 is 0 Å².